The lowest BCUT2D eigenvalue weighted by molar-refractivity contribution is 0.0310. The second-order valence-electron chi connectivity index (χ2n) is 7.30. The fourth-order valence-electron chi connectivity index (χ4n) is 4.13. The topological polar surface area (TPSA) is 72.1 Å². The third-order valence-corrected chi connectivity index (χ3v) is 6.92. The maximum absolute atomic E-state index is 12.9. The highest BCUT2D eigenvalue weighted by Crippen LogP contribution is 2.39. The van der Waals surface area contributed by atoms with Gasteiger partial charge in [-0.05, 0) is 31.2 Å². The number of carbonyl (C=O) groups excluding carboxylic acids is 1. The van der Waals surface area contributed by atoms with Gasteiger partial charge in [0.2, 0.25) is 0 Å². The van der Waals surface area contributed by atoms with E-state index in [0.717, 1.165) is 40.5 Å². The number of nitrogen functional groups attached to an aromatic ring is 1. The molecule has 0 spiro atoms. The number of hydrogen-bond acceptors (Lipinski definition) is 5. The van der Waals surface area contributed by atoms with Gasteiger partial charge in [0, 0.05) is 18.5 Å². The number of carbonyl (C=O) groups is 1. The Morgan fingerprint density at radius 1 is 1.12 bits per heavy atom. The molecule has 1 aliphatic carbocycles. The average molecular weight is 344 g/mol. The van der Waals surface area contributed by atoms with Crippen LogP contribution >= 0.6 is 11.3 Å². The first-order valence-electron chi connectivity index (χ1n) is 8.87. The molecule has 0 aromatic carbocycles. The molecule has 5 nitrogen and oxygen atoms in total. The summed E-state index contributed by atoms with van der Waals surface area (Å²) in [5, 5.41) is 9.27. The summed E-state index contributed by atoms with van der Waals surface area (Å²) in [6.45, 7) is 5.69. The van der Waals surface area contributed by atoms with Gasteiger partial charge in [0.05, 0.1) is 11.4 Å². The van der Waals surface area contributed by atoms with Crippen molar-refractivity contribution >= 4 is 33.1 Å². The molecular weight excluding hydrogens is 320 g/mol. The van der Waals surface area contributed by atoms with E-state index < -0.39 is 0 Å². The zero-order valence-corrected chi connectivity index (χ0v) is 15.2. The van der Waals surface area contributed by atoms with Crippen LogP contribution in [0.4, 0.5) is 5.69 Å². The fourth-order valence-corrected chi connectivity index (χ4v) is 5.19. The quantitative estimate of drug-likeness (QED) is 0.904. The molecule has 0 radical (unpaired) electrons. The van der Waals surface area contributed by atoms with Crippen LogP contribution in [0.5, 0.6) is 0 Å². The van der Waals surface area contributed by atoms with Gasteiger partial charge in [-0.2, -0.15) is 5.10 Å². The van der Waals surface area contributed by atoms with Gasteiger partial charge in [0.1, 0.15) is 9.71 Å². The zero-order chi connectivity index (χ0) is 16.8. The summed E-state index contributed by atoms with van der Waals surface area (Å²) in [5.74, 6) is 1.58. The van der Waals surface area contributed by atoms with Crippen molar-refractivity contribution in [2.24, 2.45) is 11.8 Å². The largest absolute Gasteiger partial charge is 0.397 e. The molecule has 1 amide bonds. The molecule has 6 heteroatoms. The molecule has 2 aromatic heterocycles. The molecule has 0 atom stereocenters. The van der Waals surface area contributed by atoms with E-state index in [1.165, 1.54) is 43.4 Å². The normalized spacial score (nSPS) is 19.7. The lowest BCUT2D eigenvalue weighted by Gasteiger charge is -2.44. The molecule has 1 aliphatic heterocycles. The lowest BCUT2D eigenvalue weighted by atomic mass is 9.76. The van der Waals surface area contributed by atoms with Gasteiger partial charge in [-0.25, -0.2) is 0 Å². The fraction of sp³-hybridized carbons (Fsp3) is 0.611. The van der Waals surface area contributed by atoms with Crippen LogP contribution < -0.4 is 5.73 Å². The van der Waals surface area contributed by atoms with Crippen LogP contribution in [0.15, 0.2) is 0 Å². The first-order chi connectivity index (χ1) is 11.6. The molecule has 2 N–H and O–H groups in total. The third-order valence-electron chi connectivity index (χ3n) is 5.84. The van der Waals surface area contributed by atoms with E-state index in [9.17, 15) is 4.79 Å². The second-order valence-corrected chi connectivity index (χ2v) is 8.30. The summed E-state index contributed by atoms with van der Waals surface area (Å²) in [6.07, 6.45) is 6.77. The highest BCUT2D eigenvalue weighted by atomic mass is 32.1. The van der Waals surface area contributed by atoms with E-state index in [1.807, 2.05) is 18.7 Å². The van der Waals surface area contributed by atoms with E-state index in [2.05, 4.69) is 10.2 Å². The maximum atomic E-state index is 12.9. The van der Waals surface area contributed by atoms with Gasteiger partial charge in [0.25, 0.3) is 5.91 Å². The summed E-state index contributed by atoms with van der Waals surface area (Å²) in [7, 11) is 0. The Morgan fingerprint density at radius 3 is 2.54 bits per heavy atom. The smallest absolute Gasteiger partial charge is 0.266 e. The van der Waals surface area contributed by atoms with Gasteiger partial charge in [-0.1, -0.05) is 32.1 Å². The Kier molecular flexibility index (Phi) is 3.95. The van der Waals surface area contributed by atoms with E-state index in [4.69, 9.17) is 5.73 Å². The van der Waals surface area contributed by atoms with Gasteiger partial charge >= 0.3 is 0 Å². The van der Waals surface area contributed by atoms with Crippen molar-refractivity contribution in [3.63, 3.8) is 0 Å². The minimum Gasteiger partial charge on any atom is -0.397 e. The molecule has 2 fully saturated rings. The van der Waals surface area contributed by atoms with E-state index in [1.54, 1.807) is 0 Å². The number of fused-ring (bicyclic) bond motifs is 1. The Labute approximate surface area is 146 Å². The van der Waals surface area contributed by atoms with Crippen molar-refractivity contribution in [1.29, 1.82) is 0 Å². The van der Waals surface area contributed by atoms with Crippen molar-refractivity contribution in [3.8, 4) is 0 Å². The summed E-state index contributed by atoms with van der Waals surface area (Å²) in [6, 6.07) is 0. The molecule has 2 aliphatic rings. The Balaban J connectivity index is 1.52. The summed E-state index contributed by atoms with van der Waals surface area (Å²) < 4.78 is 0. The second kappa shape index (κ2) is 5.99. The molecule has 4 rings (SSSR count). The van der Waals surface area contributed by atoms with Crippen LogP contribution in [-0.2, 0) is 0 Å². The van der Waals surface area contributed by atoms with Crippen molar-refractivity contribution in [1.82, 2.24) is 15.1 Å². The van der Waals surface area contributed by atoms with Crippen LogP contribution in [0.3, 0.4) is 0 Å². The third kappa shape index (κ3) is 2.48. The molecule has 24 heavy (non-hydrogen) atoms. The highest BCUT2D eigenvalue weighted by molar-refractivity contribution is 7.21. The minimum absolute atomic E-state index is 0.0691. The summed E-state index contributed by atoms with van der Waals surface area (Å²) >= 11 is 1.38. The van der Waals surface area contributed by atoms with E-state index in [-0.39, 0.29) is 5.91 Å². The molecule has 2 aromatic rings. The van der Waals surface area contributed by atoms with Crippen LogP contribution in [-0.4, -0.2) is 34.1 Å². The molecule has 3 heterocycles. The number of aryl methyl sites for hydroxylation is 2. The maximum Gasteiger partial charge on any atom is 0.266 e. The molecular formula is C18H24N4OS. The predicted octanol–water partition coefficient (Wildman–Crippen LogP) is 3.54. The molecule has 1 saturated carbocycles. The monoisotopic (exact) mass is 344 g/mol. The van der Waals surface area contributed by atoms with E-state index in [0.29, 0.717) is 16.5 Å². The molecule has 128 valence electrons. The number of nitrogens with zero attached hydrogens (tertiary/aromatic N) is 3. The number of aromatic nitrogens is 2. The van der Waals surface area contributed by atoms with Gasteiger partial charge in [-0.3, -0.25) is 4.79 Å². The Hall–Kier alpha value is -1.69. The zero-order valence-electron chi connectivity index (χ0n) is 14.3. The summed E-state index contributed by atoms with van der Waals surface area (Å²) in [5.41, 5.74) is 8.77. The number of thiophene rings is 1. The SMILES string of the molecule is Cc1nnc2sc(C(=O)N3CC(C4CCCCC4)C3)c(N)c2c1C. The number of nitrogens with two attached hydrogens (primary N) is 1. The first kappa shape index (κ1) is 15.8. The summed E-state index contributed by atoms with van der Waals surface area (Å²) in [4.78, 5) is 16.2. The van der Waals surface area contributed by atoms with Crippen molar-refractivity contribution in [2.75, 3.05) is 18.8 Å². The van der Waals surface area contributed by atoms with E-state index >= 15 is 0 Å². The number of amides is 1. The van der Waals surface area contributed by atoms with Crippen LogP contribution in [0.2, 0.25) is 0 Å². The lowest BCUT2D eigenvalue weighted by Crippen LogP contribution is -2.52. The van der Waals surface area contributed by atoms with Crippen LogP contribution in [0.1, 0.15) is 53.0 Å². The number of rotatable bonds is 2. The minimum atomic E-state index is 0.0691. The van der Waals surface area contributed by atoms with Crippen molar-refractivity contribution in [3.05, 3.63) is 16.1 Å². The van der Waals surface area contributed by atoms with Crippen LogP contribution in [0.25, 0.3) is 10.2 Å². The van der Waals surface area contributed by atoms with Gasteiger partial charge in [0.15, 0.2) is 0 Å². The van der Waals surface area contributed by atoms with Crippen molar-refractivity contribution in [2.45, 2.75) is 46.0 Å². The number of likely N-dealkylation sites (tertiary alicyclic amines) is 1. The Bertz CT molecular complexity index is 788. The number of anilines is 1. The standard InChI is InChI=1S/C18H24N4OS/c1-10-11(2)20-21-17-14(10)15(19)16(24-17)18(23)22-8-13(9-22)12-6-4-3-5-7-12/h12-13H,3-9,19H2,1-2H3. The van der Waals surface area contributed by atoms with Crippen molar-refractivity contribution < 1.29 is 4.79 Å². The highest BCUT2D eigenvalue weighted by Gasteiger charge is 2.38. The number of hydrogen-bond donors (Lipinski definition) is 1. The van der Waals surface area contributed by atoms with Crippen LogP contribution in [0, 0.1) is 25.7 Å². The predicted molar refractivity (Wildman–Crippen MR) is 97.3 cm³/mol. The average Bonchev–Trinajstić information content (AvgIpc) is 2.88. The first-order valence-corrected chi connectivity index (χ1v) is 9.69. The molecule has 0 unspecified atom stereocenters. The van der Waals surface area contributed by atoms with Gasteiger partial charge in [-0.15, -0.1) is 16.4 Å². The van der Waals surface area contributed by atoms with Gasteiger partial charge < -0.3 is 10.6 Å². The molecule has 0 bridgehead atoms. The molecule has 1 saturated heterocycles. The Morgan fingerprint density at radius 2 is 1.83 bits per heavy atom.